The molecule has 1 saturated heterocycles. The summed E-state index contributed by atoms with van der Waals surface area (Å²) in [6.07, 6.45) is 0.447. The second-order valence-electron chi connectivity index (χ2n) is 5.51. The molecule has 2 N–H and O–H groups in total. The molecular weight excluding hydrogens is 294 g/mol. The number of hydrogen-bond acceptors (Lipinski definition) is 2. The number of amides is 2. The summed E-state index contributed by atoms with van der Waals surface area (Å²) in [6, 6.07) is 5.40. The number of benzene rings is 1. The Morgan fingerprint density at radius 2 is 2.00 bits per heavy atom. The Bertz CT molecular complexity index is 555. The van der Waals surface area contributed by atoms with E-state index in [-0.39, 0.29) is 24.7 Å². The molecule has 7 heteroatoms. The predicted molar refractivity (Wildman–Crippen MR) is 75.6 cm³/mol. The zero-order chi connectivity index (χ0) is 16.3. The Morgan fingerprint density at radius 1 is 1.36 bits per heavy atom. The average Bonchev–Trinajstić information content (AvgIpc) is 2.94. The summed E-state index contributed by atoms with van der Waals surface area (Å²) in [5.74, 6) is -4.30. The van der Waals surface area contributed by atoms with Crippen molar-refractivity contribution in [2.75, 3.05) is 13.1 Å². The summed E-state index contributed by atoms with van der Waals surface area (Å²) in [4.78, 5) is 24.2. The van der Waals surface area contributed by atoms with Crippen LogP contribution >= 0.6 is 0 Å². The van der Waals surface area contributed by atoms with Gasteiger partial charge in [0.1, 0.15) is 0 Å². The van der Waals surface area contributed by atoms with Gasteiger partial charge in [0, 0.05) is 32.1 Å². The predicted octanol–water partition coefficient (Wildman–Crippen LogP) is 2.41. The molecule has 1 aliphatic heterocycles. The number of urea groups is 1. The lowest BCUT2D eigenvalue weighted by molar-refractivity contribution is -0.141. The topological polar surface area (TPSA) is 69.6 Å². The highest BCUT2D eigenvalue weighted by Crippen LogP contribution is 2.26. The van der Waals surface area contributed by atoms with Crippen LogP contribution in [0.3, 0.4) is 0 Å². The van der Waals surface area contributed by atoms with Gasteiger partial charge in [-0.3, -0.25) is 4.79 Å². The Morgan fingerprint density at radius 3 is 2.50 bits per heavy atom. The van der Waals surface area contributed by atoms with Gasteiger partial charge in [0.25, 0.3) is 5.92 Å². The molecule has 0 aromatic heterocycles. The van der Waals surface area contributed by atoms with Crippen molar-refractivity contribution in [3.8, 4) is 0 Å². The summed E-state index contributed by atoms with van der Waals surface area (Å²) in [7, 11) is 0. The number of hydrogen-bond donors (Lipinski definition) is 2. The Hall–Kier alpha value is -2.18. The summed E-state index contributed by atoms with van der Waals surface area (Å²) in [6.45, 7) is 1.64. The second kappa shape index (κ2) is 6.29. The number of aliphatic carboxylic acids is 1. The third-order valence-electron chi connectivity index (χ3n) is 3.73. The van der Waals surface area contributed by atoms with E-state index in [1.54, 1.807) is 0 Å². The number of nitrogens with zero attached hydrogens (tertiary/aromatic N) is 1. The minimum absolute atomic E-state index is 0.0774. The minimum atomic E-state index is -2.89. The van der Waals surface area contributed by atoms with Crippen LogP contribution in [0.15, 0.2) is 24.3 Å². The van der Waals surface area contributed by atoms with E-state index in [4.69, 9.17) is 5.11 Å². The molecule has 1 heterocycles. The number of nitrogens with one attached hydrogen (secondary N) is 1. The summed E-state index contributed by atoms with van der Waals surface area (Å²) in [5, 5.41) is 11.6. The minimum Gasteiger partial charge on any atom is -0.481 e. The molecule has 1 fully saturated rings. The van der Waals surface area contributed by atoms with Crippen LogP contribution in [-0.4, -0.2) is 35.1 Å². The van der Waals surface area contributed by atoms with Crippen LogP contribution in [0, 0.1) is 5.92 Å². The molecule has 0 spiro atoms. The van der Waals surface area contributed by atoms with E-state index >= 15 is 0 Å². The maximum absolute atomic E-state index is 13.1. The van der Waals surface area contributed by atoms with Gasteiger partial charge in [0.2, 0.25) is 0 Å². The van der Waals surface area contributed by atoms with Crippen molar-refractivity contribution < 1.29 is 23.5 Å². The van der Waals surface area contributed by atoms with Crippen molar-refractivity contribution in [2.24, 2.45) is 5.92 Å². The van der Waals surface area contributed by atoms with E-state index in [1.807, 2.05) is 0 Å². The zero-order valence-corrected chi connectivity index (χ0v) is 12.2. The highest BCUT2D eigenvalue weighted by Gasteiger charge is 2.30. The van der Waals surface area contributed by atoms with Gasteiger partial charge in [-0.05, 0) is 12.0 Å². The Kier molecular flexibility index (Phi) is 4.63. The average molecular weight is 312 g/mol. The van der Waals surface area contributed by atoms with Gasteiger partial charge >= 0.3 is 12.0 Å². The van der Waals surface area contributed by atoms with E-state index in [1.165, 1.54) is 29.2 Å². The van der Waals surface area contributed by atoms with Crippen LogP contribution in [-0.2, 0) is 17.3 Å². The number of halogens is 2. The van der Waals surface area contributed by atoms with Crippen LogP contribution in [0.25, 0.3) is 0 Å². The third kappa shape index (κ3) is 3.93. The molecule has 0 saturated carbocycles. The maximum atomic E-state index is 13.1. The Balaban J connectivity index is 1.85. The zero-order valence-electron chi connectivity index (χ0n) is 12.2. The van der Waals surface area contributed by atoms with Gasteiger partial charge in [0.15, 0.2) is 0 Å². The number of alkyl halides is 2. The SMILES string of the molecule is CC(F)(F)c1ccc(CNC(=O)N2CCC(C(=O)O)C2)cc1. The second-order valence-corrected chi connectivity index (χ2v) is 5.51. The normalized spacial score (nSPS) is 18.3. The van der Waals surface area contributed by atoms with Crippen molar-refractivity contribution >= 4 is 12.0 Å². The lowest BCUT2D eigenvalue weighted by Crippen LogP contribution is -2.38. The van der Waals surface area contributed by atoms with Crippen LogP contribution < -0.4 is 5.32 Å². The molecule has 1 aromatic rings. The van der Waals surface area contributed by atoms with E-state index in [0.29, 0.717) is 18.5 Å². The third-order valence-corrected chi connectivity index (χ3v) is 3.73. The van der Waals surface area contributed by atoms with E-state index in [9.17, 15) is 18.4 Å². The molecule has 0 radical (unpaired) electrons. The molecule has 1 unspecified atom stereocenters. The van der Waals surface area contributed by atoms with Gasteiger partial charge < -0.3 is 15.3 Å². The summed E-state index contributed by atoms with van der Waals surface area (Å²) < 4.78 is 26.2. The van der Waals surface area contributed by atoms with Gasteiger partial charge in [0.05, 0.1) is 5.92 Å². The lowest BCUT2D eigenvalue weighted by Gasteiger charge is -2.17. The van der Waals surface area contributed by atoms with Gasteiger partial charge in [-0.1, -0.05) is 24.3 Å². The highest BCUT2D eigenvalue weighted by atomic mass is 19.3. The monoisotopic (exact) mass is 312 g/mol. The summed E-state index contributed by atoms with van der Waals surface area (Å²) in [5.41, 5.74) is 0.627. The van der Waals surface area contributed by atoms with Crippen LogP contribution in [0.4, 0.5) is 13.6 Å². The van der Waals surface area contributed by atoms with Crippen molar-refractivity contribution in [3.05, 3.63) is 35.4 Å². The fraction of sp³-hybridized carbons (Fsp3) is 0.467. The Labute approximate surface area is 126 Å². The number of likely N-dealkylation sites (tertiary alicyclic amines) is 1. The van der Waals surface area contributed by atoms with Crippen LogP contribution in [0.2, 0.25) is 0 Å². The molecule has 2 amide bonds. The lowest BCUT2D eigenvalue weighted by atomic mass is 10.1. The number of carbonyl (C=O) groups is 2. The molecule has 22 heavy (non-hydrogen) atoms. The number of carboxylic acid groups (broad SMARTS) is 1. The van der Waals surface area contributed by atoms with Gasteiger partial charge in [-0.2, -0.15) is 0 Å². The molecule has 0 aliphatic carbocycles. The first-order chi connectivity index (χ1) is 10.3. The number of carbonyl (C=O) groups excluding carboxylic acids is 1. The van der Waals surface area contributed by atoms with Crippen molar-refractivity contribution in [3.63, 3.8) is 0 Å². The molecule has 5 nitrogen and oxygen atoms in total. The van der Waals surface area contributed by atoms with Crippen LogP contribution in [0.1, 0.15) is 24.5 Å². The van der Waals surface area contributed by atoms with Crippen molar-refractivity contribution in [1.29, 1.82) is 0 Å². The first-order valence-electron chi connectivity index (χ1n) is 7.00. The molecule has 1 aromatic carbocycles. The van der Waals surface area contributed by atoms with E-state index in [0.717, 1.165) is 6.92 Å². The van der Waals surface area contributed by atoms with Crippen molar-refractivity contribution in [1.82, 2.24) is 10.2 Å². The smallest absolute Gasteiger partial charge is 0.317 e. The maximum Gasteiger partial charge on any atom is 0.317 e. The van der Waals surface area contributed by atoms with Gasteiger partial charge in [-0.25, -0.2) is 13.6 Å². The number of carboxylic acids is 1. The van der Waals surface area contributed by atoms with Gasteiger partial charge in [-0.15, -0.1) is 0 Å². The molecule has 1 aliphatic rings. The molecule has 1 atom stereocenters. The first kappa shape index (κ1) is 16.2. The molecular formula is C15H18F2N2O3. The standard InChI is InChI=1S/C15H18F2N2O3/c1-15(16,17)12-4-2-10(3-5-12)8-18-14(22)19-7-6-11(9-19)13(20)21/h2-5,11H,6-9H2,1H3,(H,18,22)(H,20,21). The fourth-order valence-electron chi connectivity index (χ4n) is 2.35. The largest absolute Gasteiger partial charge is 0.481 e. The molecule has 120 valence electrons. The number of rotatable bonds is 4. The molecule has 0 bridgehead atoms. The van der Waals surface area contributed by atoms with Crippen molar-refractivity contribution in [2.45, 2.75) is 25.8 Å². The fourth-order valence-corrected chi connectivity index (χ4v) is 2.35. The van der Waals surface area contributed by atoms with E-state index < -0.39 is 17.8 Å². The van der Waals surface area contributed by atoms with Crippen LogP contribution in [0.5, 0.6) is 0 Å². The summed E-state index contributed by atoms with van der Waals surface area (Å²) >= 11 is 0. The highest BCUT2D eigenvalue weighted by molar-refractivity contribution is 5.77. The van der Waals surface area contributed by atoms with E-state index in [2.05, 4.69) is 5.32 Å². The quantitative estimate of drug-likeness (QED) is 0.897. The molecule has 2 rings (SSSR count). The first-order valence-corrected chi connectivity index (χ1v) is 7.00.